The molecule has 0 amide bonds. The fraction of sp³-hybridized carbons (Fsp3) is 0.133. The number of rotatable bonds is 5. The second-order valence-corrected chi connectivity index (χ2v) is 4.94. The summed E-state index contributed by atoms with van der Waals surface area (Å²) in [4.78, 5) is 5.07. The molecule has 0 saturated heterocycles. The predicted octanol–water partition coefficient (Wildman–Crippen LogP) is 4.81. The lowest BCUT2D eigenvalue weighted by Crippen LogP contribution is -1.90. The highest BCUT2D eigenvalue weighted by molar-refractivity contribution is 9.10. The van der Waals surface area contributed by atoms with Gasteiger partial charge in [-0.25, -0.2) is 8.78 Å². The van der Waals surface area contributed by atoms with Gasteiger partial charge in [0.1, 0.15) is 12.8 Å². The second kappa shape index (κ2) is 7.14. The highest BCUT2D eigenvalue weighted by Gasteiger charge is 2.05. The fourth-order valence-corrected chi connectivity index (χ4v) is 1.74. The molecule has 0 bridgehead atoms. The van der Waals surface area contributed by atoms with Crippen molar-refractivity contribution in [1.29, 1.82) is 0 Å². The van der Waals surface area contributed by atoms with Crippen LogP contribution in [0.3, 0.4) is 0 Å². The molecule has 2 nitrogen and oxygen atoms in total. The third kappa shape index (κ3) is 4.42. The van der Waals surface area contributed by atoms with Crippen LogP contribution in [0.4, 0.5) is 8.78 Å². The lowest BCUT2D eigenvalue weighted by molar-refractivity contribution is 0.131. The monoisotopic (exact) mass is 338 g/mol. The predicted molar refractivity (Wildman–Crippen MR) is 76.9 cm³/mol. The summed E-state index contributed by atoms with van der Waals surface area (Å²) in [5.74, 6) is 0. The van der Waals surface area contributed by atoms with Crippen LogP contribution in [0, 0.1) is 0 Å². The van der Waals surface area contributed by atoms with Crippen LogP contribution in [0.1, 0.15) is 23.1 Å². The molecule has 5 heteroatoms. The summed E-state index contributed by atoms with van der Waals surface area (Å²) in [7, 11) is 0. The van der Waals surface area contributed by atoms with Gasteiger partial charge in [0.2, 0.25) is 0 Å². The first-order valence-corrected chi connectivity index (χ1v) is 6.65. The third-order valence-electron chi connectivity index (χ3n) is 2.55. The van der Waals surface area contributed by atoms with Gasteiger partial charge in [0, 0.05) is 15.6 Å². The van der Waals surface area contributed by atoms with Crippen molar-refractivity contribution >= 4 is 22.1 Å². The molecule has 0 aliphatic rings. The third-order valence-corrected chi connectivity index (χ3v) is 3.08. The molecule has 0 fully saturated rings. The minimum atomic E-state index is -2.45. The Morgan fingerprint density at radius 2 is 1.70 bits per heavy atom. The van der Waals surface area contributed by atoms with Crippen LogP contribution < -0.4 is 0 Å². The summed E-state index contributed by atoms with van der Waals surface area (Å²) in [6.45, 7) is 0.215. The zero-order chi connectivity index (χ0) is 14.4. The largest absolute Gasteiger partial charge is 0.390 e. The molecule has 0 aromatic heterocycles. The van der Waals surface area contributed by atoms with E-state index < -0.39 is 6.43 Å². The molecule has 0 N–H and O–H groups in total. The van der Waals surface area contributed by atoms with Crippen LogP contribution in [0.2, 0.25) is 0 Å². The van der Waals surface area contributed by atoms with Gasteiger partial charge >= 0.3 is 0 Å². The first-order chi connectivity index (χ1) is 9.65. The Bertz CT molecular complexity index is 567. The van der Waals surface area contributed by atoms with Crippen LogP contribution in [0.15, 0.2) is 58.2 Å². The maximum absolute atomic E-state index is 12.4. The van der Waals surface area contributed by atoms with Gasteiger partial charge in [-0.3, -0.25) is 0 Å². The SMILES string of the molecule is FC(F)c1ccc(CO/N=[C]\c2ccc(Br)cc2)cc1. The van der Waals surface area contributed by atoms with E-state index in [2.05, 4.69) is 27.3 Å². The van der Waals surface area contributed by atoms with Crippen LogP contribution in [0.5, 0.6) is 0 Å². The van der Waals surface area contributed by atoms with Gasteiger partial charge in [0.25, 0.3) is 6.43 Å². The fourth-order valence-electron chi connectivity index (χ4n) is 1.48. The molecule has 0 spiro atoms. The van der Waals surface area contributed by atoms with E-state index in [1.54, 1.807) is 12.1 Å². The molecule has 2 aromatic carbocycles. The standard InChI is InChI=1S/C15H11BrF2NO/c16-14-7-3-11(4-8-14)9-19-20-10-12-1-5-13(6-2-12)15(17)18/h1-8,15H,10H2. The number of benzene rings is 2. The first-order valence-electron chi connectivity index (χ1n) is 5.86. The number of nitrogens with zero attached hydrogens (tertiary/aromatic N) is 1. The Morgan fingerprint density at radius 1 is 1.05 bits per heavy atom. The molecule has 20 heavy (non-hydrogen) atoms. The normalized spacial score (nSPS) is 11.2. The Balaban J connectivity index is 1.84. The van der Waals surface area contributed by atoms with Crippen molar-refractivity contribution in [2.45, 2.75) is 13.0 Å². The van der Waals surface area contributed by atoms with Crippen LogP contribution >= 0.6 is 15.9 Å². The summed E-state index contributed by atoms with van der Waals surface area (Å²) in [6, 6.07) is 13.4. The lowest BCUT2D eigenvalue weighted by atomic mass is 10.1. The zero-order valence-corrected chi connectivity index (χ0v) is 12.0. The molecular weight excluding hydrogens is 328 g/mol. The summed E-state index contributed by atoms with van der Waals surface area (Å²) >= 11 is 3.33. The van der Waals surface area contributed by atoms with Crippen molar-refractivity contribution < 1.29 is 13.6 Å². The van der Waals surface area contributed by atoms with Crippen molar-refractivity contribution in [3.05, 3.63) is 69.7 Å². The molecule has 0 aliphatic heterocycles. The summed E-state index contributed by atoms with van der Waals surface area (Å²) in [6.07, 6.45) is 0.283. The van der Waals surface area contributed by atoms with E-state index in [1.807, 2.05) is 24.3 Å². The van der Waals surface area contributed by atoms with Gasteiger partial charge in [-0.1, -0.05) is 57.5 Å². The van der Waals surface area contributed by atoms with Gasteiger partial charge in [-0.2, -0.15) is 0 Å². The second-order valence-electron chi connectivity index (χ2n) is 4.03. The Labute approximate surface area is 124 Å². The molecule has 0 atom stereocenters. The van der Waals surface area contributed by atoms with E-state index >= 15 is 0 Å². The summed E-state index contributed by atoms with van der Waals surface area (Å²) in [5.41, 5.74) is 1.57. The molecule has 2 rings (SSSR count). The van der Waals surface area contributed by atoms with Crippen molar-refractivity contribution in [2.24, 2.45) is 5.16 Å². The summed E-state index contributed by atoms with van der Waals surface area (Å²) in [5, 5.41) is 3.71. The molecule has 0 heterocycles. The molecule has 103 valence electrons. The van der Waals surface area contributed by atoms with Crippen LogP contribution in [0.25, 0.3) is 0 Å². The highest BCUT2D eigenvalue weighted by atomic mass is 79.9. The van der Waals surface area contributed by atoms with Crippen molar-refractivity contribution in [3.8, 4) is 0 Å². The summed E-state index contributed by atoms with van der Waals surface area (Å²) < 4.78 is 25.7. The minimum absolute atomic E-state index is 0.00123. The van der Waals surface area contributed by atoms with Crippen LogP contribution in [-0.2, 0) is 11.4 Å². The average molecular weight is 339 g/mol. The average Bonchev–Trinajstić information content (AvgIpc) is 2.46. The van der Waals surface area contributed by atoms with Gasteiger partial charge in [-0.05, 0) is 17.7 Å². The number of hydrogen-bond acceptors (Lipinski definition) is 2. The van der Waals surface area contributed by atoms with Crippen molar-refractivity contribution in [1.82, 2.24) is 0 Å². The quantitative estimate of drug-likeness (QED) is 0.566. The van der Waals surface area contributed by atoms with E-state index in [0.717, 1.165) is 15.6 Å². The van der Waals surface area contributed by atoms with Crippen molar-refractivity contribution in [2.75, 3.05) is 0 Å². The topological polar surface area (TPSA) is 21.6 Å². The van der Waals surface area contributed by atoms with Crippen LogP contribution in [-0.4, -0.2) is 6.21 Å². The highest BCUT2D eigenvalue weighted by Crippen LogP contribution is 2.18. The van der Waals surface area contributed by atoms with E-state index in [-0.39, 0.29) is 12.2 Å². The van der Waals surface area contributed by atoms with E-state index in [4.69, 9.17) is 4.84 Å². The van der Waals surface area contributed by atoms with Crippen molar-refractivity contribution in [3.63, 3.8) is 0 Å². The van der Waals surface area contributed by atoms with E-state index in [1.165, 1.54) is 12.1 Å². The Morgan fingerprint density at radius 3 is 2.30 bits per heavy atom. The molecule has 1 radical (unpaired) electrons. The molecular formula is C15H11BrF2NO. The zero-order valence-electron chi connectivity index (χ0n) is 10.4. The van der Waals surface area contributed by atoms with Gasteiger partial charge in [0.15, 0.2) is 0 Å². The van der Waals surface area contributed by atoms with Gasteiger partial charge < -0.3 is 4.84 Å². The molecule has 2 aromatic rings. The molecule has 0 unspecified atom stereocenters. The van der Waals surface area contributed by atoms with E-state index in [9.17, 15) is 8.78 Å². The van der Waals surface area contributed by atoms with E-state index in [0.29, 0.717) is 0 Å². The molecule has 0 aliphatic carbocycles. The minimum Gasteiger partial charge on any atom is -0.390 e. The number of alkyl halides is 2. The van der Waals surface area contributed by atoms with Gasteiger partial charge in [-0.15, -0.1) is 0 Å². The first kappa shape index (κ1) is 14.7. The number of halogens is 3. The lowest BCUT2D eigenvalue weighted by Gasteiger charge is -2.02. The maximum atomic E-state index is 12.4. The smallest absolute Gasteiger partial charge is 0.263 e. The molecule has 0 saturated carbocycles. The maximum Gasteiger partial charge on any atom is 0.263 e. The Hall–Kier alpha value is -1.75. The van der Waals surface area contributed by atoms with Gasteiger partial charge in [0.05, 0.1) is 0 Å². The number of hydrogen-bond donors (Lipinski definition) is 0. The Kier molecular flexibility index (Phi) is 5.24.